The van der Waals surface area contributed by atoms with E-state index < -0.39 is 0 Å². The first kappa shape index (κ1) is 33.9. The molecule has 274 valence electrons. The van der Waals surface area contributed by atoms with E-state index in [1.807, 2.05) is 0 Å². The number of benzene rings is 9. The van der Waals surface area contributed by atoms with E-state index in [1.54, 1.807) is 0 Å². The number of anilines is 3. The zero-order chi connectivity index (χ0) is 38.4. The molecule has 2 aliphatic rings. The Labute approximate surface area is 339 Å². The van der Waals surface area contributed by atoms with Gasteiger partial charge in [0.2, 0.25) is 0 Å². The normalized spacial score (nSPS) is 15.2. The van der Waals surface area contributed by atoms with Gasteiger partial charge in [0.1, 0.15) is 11.9 Å². The van der Waals surface area contributed by atoms with E-state index in [0.717, 1.165) is 28.4 Å². The number of nitrogens with zero attached hydrogens (tertiary/aromatic N) is 1. The Hall–Kier alpha value is -7.42. The fourth-order valence-corrected chi connectivity index (χ4v) is 9.04. The second-order valence-electron chi connectivity index (χ2n) is 15.2. The molecule has 2 atom stereocenters. The highest BCUT2D eigenvalue weighted by atomic mass is 16.5. The van der Waals surface area contributed by atoms with Gasteiger partial charge in [-0.15, -0.1) is 0 Å². The van der Waals surface area contributed by atoms with Crippen LogP contribution in [0.2, 0.25) is 0 Å². The molecule has 1 aliphatic carbocycles. The molecule has 2 nitrogen and oxygen atoms in total. The van der Waals surface area contributed by atoms with E-state index >= 15 is 0 Å². The minimum atomic E-state index is 0.00796. The summed E-state index contributed by atoms with van der Waals surface area (Å²) in [6, 6.07) is 72.8. The van der Waals surface area contributed by atoms with Gasteiger partial charge in [-0.25, -0.2) is 0 Å². The highest BCUT2D eigenvalue weighted by Crippen LogP contribution is 2.51. The predicted molar refractivity (Wildman–Crippen MR) is 243 cm³/mol. The van der Waals surface area contributed by atoms with Crippen molar-refractivity contribution >= 4 is 38.6 Å². The van der Waals surface area contributed by atoms with Crippen molar-refractivity contribution in [1.29, 1.82) is 0 Å². The summed E-state index contributed by atoms with van der Waals surface area (Å²) < 4.78 is 6.65. The molecule has 0 saturated heterocycles. The molecule has 1 heterocycles. The maximum absolute atomic E-state index is 6.65. The molecule has 0 bridgehead atoms. The molecule has 2 unspecified atom stereocenters. The molecule has 0 spiro atoms. The van der Waals surface area contributed by atoms with Gasteiger partial charge >= 0.3 is 0 Å². The number of allylic oxidation sites excluding steroid dienone is 2. The summed E-state index contributed by atoms with van der Waals surface area (Å²) in [5.41, 5.74) is 13.9. The number of hydrogen-bond acceptors (Lipinski definition) is 2. The van der Waals surface area contributed by atoms with Gasteiger partial charge in [0.05, 0.1) is 5.69 Å². The van der Waals surface area contributed by atoms with Crippen molar-refractivity contribution in [3.8, 4) is 50.3 Å². The first-order valence-corrected chi connectivity index (χ1v) is 20.1. The van der Waals surface area contributed by atoms with Crippen LogP contribution in [-0.4, -0.2) is 6.10 Å². The Morgan fingerprint density at radius 3 is 1.83 bits per heavy atom. The monoisotopic (exact) mass is 741 g/mol. The van der Waals surface area contributed by atoms with Gasteiger partial charge in [-0.05, 0) is 103 Å². The zero-order valence-corrected chi connectivity index (χ0v) is 31.9. The molecule has 0 N–H and O–H groups in total. The fraction of sp³-hybridized carbons (Fsp3) is 0.0357. The lowest BCUT2D eigenvalue weighted by molar-refractivity contribution is 0.269. The van der Waals surface area contributed by atoms with Crippen LogP contribution in [0.5, 0.6) is 5.75 Å². The van der Waals surface area contributed by atoms with Gasteiger partial charge in [-0.2, -0.15) is 0 Å². The Morgan fingerprint density at radius 1 is 0.397 bits per heavy atom. The van der Waals surface area contributed by atoms with E-state index in [0.29, 0.717) is 0 Å². The number of hydrogen-bond donors (Lipinski definition) is 0. The summed E-state index contributed by atoms with van der Waals surface area (Å²) in [5, 5.41) is 4.92. The van der Waals surface area contributed by atoms with Crippen LogP contribution in [0.1, 0.15) is 11.5 Å². The van der Waals surface area contributed by atoms with E-state index in [9.17, 15) is 0 Å². The standard InChI is InChI=1S/C56H39NO/c1-3-15-38(16-4-1)40-29-31-44(32-30-40)57(45-33-34-51-50-25-11-12-28-54(50)58-55(51)37-45)53-27-14-26-47(42-21-13-20-41(35-42)39-17-5-2-6-18-39)56(53)52-36-43-19-7-8-22-46(43)48-23-9-10-24-49(48)52/h1-37,50,54H. The number of rotatable bonds is 7. The van der Waals surface area contributed by atoms with Crippen LogP contribution in [0.4, 0.5) is 17.1 Å². The van der Waals surface area contributed by atoms with Gasteiger partial charge in [-0.3, -0.25) is 0 Å². The van der Waals surface area contributed by atoms with E-state index in [4.69, 9.17) is 4.74 Å². The molecule has 9 aromatic carbocycles. The van der Waals surface area contributed by atoms with Crippen LogP contribution in [0, 0.1) is 0 Å². The van der Waals surface area contributed by atoms with Crippen molar-refractivity contribution in [2.24, 2.45) is 0 Å². The molecule has 11 rings (SSSR count). The second-order valence-corrected chi connectivity index (χ2v) is 15.2. The van der Waals surface area contributed by atoms with Crippen molar-refractivity contribution in [2.75, 3.05) is 4.90 Å². The number of ether oxygens (including phenoxy) is 1. The summed E-state index contributed by atoms with van der Waals surface area (Å²) in [6.45, 7) is 0. The van der Waals surface area contributed by atoms with Gasteiger partial charge in [0.15, 0.2) is 0 Å². The van der Waals surface area contributed by atoms with Crippen LogP contribution in [0.3, 0.4) is 0 Å². The molecular formula is C56H39NO. The summed E-state index contributed by atoms with van der Waals surface area (Å²) in [6.07, 6.45) is 8.65. The minimum Gasteiger partial charge on any atom is -0.485 e. The van der Waals surface area contributed by atoms with Gasteiger partial charge in [0.25, 0.3) is 0 Å². The van der Waals surface area contributed by atoms with E-state index in [2.05, 4.69) is 229 Å². The predicted octanol–water partition coefficient (Wildman–Crippen LogP) is 15.1. The van der Waals surface area contributed by atoms with E-state index in [1.165, 1.54) is 66.1 Å². The van der Waals surface area contributed by atoms with Gasteiger partial charge in [-0.1, -0.05) is 176 Å². The van der Waals surface area contributed by atoms with Crippen LogP contribution < -0.4 is 9.64 Å². The quantitative estimate of drug-likeness (QED) is 0.151. The Balaban J connectivity index is 1.19. The molecule has 0 saturated carbocycles. The molecule has 0 fully saturated rings. The fourth-order valence-electron chi connectivity index (χ4n) is 9.04. The second kappa shape index (κ2) is 14.3. The zero-order valence-electron chi connectivity index (χ0n) is 31.9. The molecule has 0 radical (unpaired) electrons. The third-order valence-electron chi connectivity index (χ3n) is 11.8. The van der Waals surface area contributed by atoms with E-state index in [-0.39, 0.29) is 12.0 Å². The largest absolute Gasteiger partial charge is 0.485 e. The average molecular weight is 742 g/mol. The summed E-state index contributed by atoms with van der Waals surface area (Å²) in [4.78, 5) is 2.43. The Bertz CT molecular complexity index is 3030. The first-order chi connectivity index (χ1) is 28.8. The summed E-state index contributed by atoms with van der Waals surface area (Å²) in [7, 11) is 0. The maximum Gasteiger partial charge on any atom is 0.128 e. The number of fused-ring (bicyclic) bond motifs is 6. The first-order valence-electron chi connectivity index (χ1n) is 20.1. The molecule has 1 aliphatic heterocycles. The molecule has 2 heteroatoms. The molecular weight excluding hydrogens is 703 g/mol. The lowest BCUT2D eigenvalue weighted by Gasteiger charge is -2.30. The van der Waals surface area contributed by atoms with Crippen LogP contribution in [0.25, 0.3) is 66.1 Å². The Morgan fingerprint density at radius 2 is 1.02 bits per heavy atom. The molecule has 0 amide bonds. The average Bonchev–Trinajstić information content (AvgIpc) is 3.68. The molecule has 58 heavy (non-hydrogen) atoms. The van der Waals surface area contributed by atoms with Crippen LogP contribution in [0.15, 0.2) is 224 Å². The highest BCUT2D eigenvalue weighted by molar-refractivity contribution is 6.16. The molecule has 0 aromatic heterocycles. The van der Waals surface area contributed by atoms with Crippen LogP contribution >= 0.6 is 0 Å². The SMILES string of the molecule is C1=CC2Oc3cc(N(c4ccc(-c5ccccc5)cc4)c4cccc(-c5cccc(-c6ccccc6)c5)c4-c4cc5ccccc5c5ccccc45)ccc3C2C=C1. The Kier molecular flexibility index (Phi) is 8.33. The molecule has 9 aromatic rings. The van der Waals surface area contributed by atoms with Gasteiger partial charge < -0.3 is 9.64 Å². The maximum atomic E-state index is 6.65. The lowest BCUT2D eigenvalue weighted by Crippen LogP contribution is -2.15. The smallest absolute Gasteiger partial charge is 0.128 e. The van der Waals surface area contributed by atoms with Crippen molar-refractivity contribution in [3.63, 3.8) is 0 Å². The highest BCUT2D eigenvalue weighted by Gasteiger charge is 2.33. The third kappa shape index (κ3) is 5.90. The lowest BCUT2D eigenvalue weighted by atomic mass is 9.86. The van der Waals surface area contributed by atoms with Crippen molar-refractivity contribution in [3.05, 3.63) is 230 Å². The van der Waals surface area contributed by atoms with Crippen molar-refractivity contribution in [1.82, 2.24) is 0 Å². The van der Waals surface area contributed by atoms with Crippen molar-refractivity contribution < 1.29 is 4.74 Å². The minimum absolute atomic E-state index is 0.00796. The summed E-state index contributed by atoms with van der Waals surface area (Å²) >= 11 is 0. The topological polar surface area (TPSA) is 12.5 Å². The van der Waals surface area contributed by atoms with Gasteiger partial charge in [0, 0.05) is 34.5 Å². The third-order valence-corrected chi connectivity index (χ3v) is 11.8. The van der Waals surface area contributed by atoms with Crippen molar-refractivity contribution in [2.45, 2.75) is 12.0 Å². The summed E-state index contributed by atoms with van der Waals surface area (Å²) in [5.74, 6) is 1.14. The van der Waals surface area contributed by atoms with Crippen LogP contribution in [-0.2, 0) is 0 Å².